The van der Waals surface area contributed by atoms with E-state index in [0.29, 0.717) is 28.3 Å². The first kappa shape index (κ1) is 19.1. The summed E-state index contributed by atoms with van der Waals surface area (Å²) in [5.41, 5.74) is 10.7. The van der Waals surface area contributed by atoms with Gasteiger partial charge in [0, 0.05) is 30.9 Å². The Morgan fingerprint density at radius 3 is 2.14 bits per heavy atom. The molecule has 0 aliphatic carbocycles. The van der Waals surface area contributed by atoms with E-state index in [4.69, 9.17) is 15.2 Å². The van der Waals surface area contributed by atoms with Crippen molar-refractivity contribution in [3.63, 3.8) is 0 Å². The van der Waals surface area contributed by atoms with Gasteiger partial charge in [0.05, 0.1) is 19.9 Å². The lowest BCUT2D eigenvalue weighted by Gasteiger charge is -2.14. The van der Waals surface area contributed by atoms with Crippen LogP contribution in [0.3, 0.4) is 0 Å². The maximum absolute atomic E-state index is 9.62. The van der Waals surface area contributed by atoms with Gasteiger partial charge in [-0.05, 0) is 35.9 Å². The summed E-state index contributed by atoms with van der Waals surface area (Å²) in [4.78, 5) is 6.46. The third-order valence-electron chi connectivity index (χ3n) is 4.53. The number of nitrogen functional groups attached to an aromatic ring is 1. The summed E-state index contributed by atoms with van der Waals surface area (Å²) >= 11 is 0. The highest BCUT2D eigenvalue weighted by molar-refractivity contribution is 5.81. The molecule has 0 unspecified atom stereocenters. The molecule has 3 aromatic rings. The summed E-state index contributed by atoms with van der Waals surface area (Å²) in [6, 6.07) is 17.5. The van der Waals surface area contributed by atoms with Gasteiger partial charge in [0.2, 0.25) is 0 Å². The second kappa shape index (κ2) is 7.89. The predicted octanol–water partition coefficient (Wildman–Crippen LogP) is 3.95. The Kier molecular flexibility index (Phi) is 5.37. The van der Waals surface area contributed by atoms with Gasteiger partial charge < -0.3 is 20.1 Å². The Labute approximate surface area is 164 Å². The fraction of sp³-hybridized carbons (Fsp3) is 0.182. The van der Waals surface area contributed by atoms with Gasteiger partial charge in [0.1, 0.15) is 17.5 Å². The number of benzene rings is 2. The Morgan fingerprint density at radius 1 is 0.929 bits per heavy atom. The fourth-order valence-corrected chi connectivity index (χ4v) is 2.99. The van der Waals surface area contributed by atoms with Crippen molar-refractivity contribution in [2.24, 2.45) is 0 Å². The molecular weight excluding hydrogens is 352 g/mol. The van der Waals surface area contributed by atoms with Gasteiger partial charge in [-0.1, -0.05) is 18.2 Å². The first-order chi connectivity index (χ1) is 13.5. The van der Waals surface area contributed by atoms with Crippen LogP contribution < -0.4 is 20.1 Å². The standard InChI is InChI=1S/C22H22N4O2/c1-26(2)16-8-5-14(6-9-16)19-12-17(18(13-23)22(24)25-19)15-7-10-20(27-3)21(11-15)28-4/h5-12H,1-4H3,(H2,24,25). The Balaban J connectivity index is 2.15. The molecule has 0 aliphatic heterocycles. The SMILES string of the molecule is COc1ccc(-c2cc(-c3ccc(N(C)C)cc3)nc(N)c2C#N)cc1OC. The molecule has 0 fully saturated rings. The van der Waals surface area contributed by atoms with Crippen molar-refractivity contribution in [2.45, 2.75) is 0 Å². The van der Waals surface area contributed by atoms with Crippen LogP contribution in [0.1, 0.15) is 5.56 Å². The molecule has 0 saturated heterocycles. The molecule has 0 atom stereocenters. The second-order valence-electron chi connectivity index (χ2n) is 6.44. The van der Waals surface area contributed by atoms with E-state index in [2.05, 4.69) is 11.1 Å². The minimum atomic E-state index is 0.196. The quantitative estimate of drug-likeness (QED) is 0.728. The molecule has 2 aromatic carbocycles. The van der Waals surface area contributed by atoms with Crippen molar-refractivity contribution in [1.82, 2.24) is 4.98 Å². The molecule has 3 rings (SSSR count). The summed E-state index contributed by atoms with van der Waals surface area (Å²) < 4.78 is 10.7. The summed E-state index contributed by atoms with van der Waals surface area (Å²) in [5.74, 6) is 1.39. The van der Waals surface area contributed by atoms with Crippen LogP contribution in [0.4, 0.5) is 11.5 Å². The Bertz CT molecular complexity index is 1040. The molecule has 1 aromatic heterocycles. The smallest absolute Gasteiger partial charge is 0.161 e. The monoisotopic (exact) mass is 374 g/mol. The van der Waals surface area contributed by atoms with E-state index >= 15 is 0 Å². The van der Waals surface area contributed by atoms with Crippen LogP contribution in [0.2, 0.25) is 0 Å². The number of ether oxygens (including phenoxy) is 2. The van der Waals surface area contributed by atoms with Gasteiger partial charge in [-0.25, -0.2) is 4.98 Å². The summed E-state index contributed by atoms with van der Waals surface area (Å²) in [5, 5.41) is 9.62. The third kappa shape index (κ3) is 3.55. The normalized spacial score (nSPS) is 10.2. The van der Waals surface area contributed by atoms with Crippen LogP contribution in [-0.4, -0.2) is 33.3 Å². The Morgan fingerprint density at radius 2 is 1.57 bits per heavy atom. The average molecular weight is 374 g/mol. The Hall–Kier alpha value is -3.72. The number of nitriles is 1. The summed E-state index contributed by atoms with van der Waals surface area (Å²) in [6.45, 7) is 0. The molecule has 2 N–H and O–H groups in total. The van der Waals surface area contributed by atoms with Crippen molar-refractivity contribution >= 4 is 11.5 Å². The van der Waals surface area contributed by atoms with E-state index in [1.807, 2.05) is 61.5 Å². The molecule has 28 heavy (non-hydrogen) atoms. The molecule has 1 heterocycles. The van der Waals surface area contributed by atoms with Crippen LogP contribution in [-0.2, 0) is 0 Å². The van der Waals surface area contributed by atoms with Crippen molar-refractivity contribution in [3.8, 4) is 40.0 Å². The maximum Gasteiger partial charge on any atom is 0.161 e. The maximum atomic E-state index is 9.62. The van der Waals surface area contributed by atoms with Gasteiger partial charge in [0.25, 0.3) is 0 Å². The number of methoxy groups -OCH3 is 2. The average Bonchev–Trinajstić information content (AvgIpc) is 2.72. The first-order valence-corrected chi connectivity index (χ1v) is 8.69. The van der Waals surface area contributed by atoms with Crippen LogP contribution in [0.15, 0.2) is 48.5 Å². The number of hydrogen-bond donors (Lipinski definition) is 1. The number of nitrogens with zero attached hydrogens (tertiary/aromatic N) is 3. The minimum Gasteiger partial charge on any atom is -0.493 e. The van der Waals surface area contributed by atoms with E-state index in [1.165, 1.54) is 0 Å². The van der Waals surface area contributed by atoms with Crippen LogP contribution in [0.5, 0.6) is 11.5 Å². The summed E-state index contributed by atoms with van der Waals surface area (Å²) in [6.07, 6.45) is 0. The number of rotatable bonds is 5. The van der Waals surface area contributed by atoms with Crippen molar-refractivity contribution in [2.75, 3.05) is 38.9 Å². The van der Waals surface area contributed by atoms with Crippen LogP contribution in [0, 0.1) is 11.3 Å². The highest BCUT2D eigenvalue weighted by atomic mass is 16.5. The van der Waals surface area contributed by atoms with Gasteiger partial charge >= 0.3 is 0 Å². The number of pyridine rings is 1. The van der Waals surface area contributed by atoms with Crippen LogP contribution >= 0.6 is 0 Å². The first-order valence-electron chi connectivity index (χ1n) is 8.69. The van der Waals surface area contributed by atoms with Crippen molar-refractivity contribution in [3.05, 3.63) is 54.1 Å². The van der Waals surface area contributed by atoms with Gasteiger partial charge in [-0.2, -0.15) is 5.26 Å². The highest BCUT2D eigenvalue weighted by Crippen LogP contribution is 2.36. The molecule has 0 radical (unpaired) electrons. The van der Waals surface area contributed by atoms with E-state index in [0.717, 1.165) is 16.8 Å². The molecule has 6 heteroatoms. The second-order valence-corrected chi connectivity index (χ2v) is 6.44. The third-order valence-corrected chi connectivity index (χ3v) is 4.53. The van der Waals surface area contributed by atoms with E-state index < -0.39 is 0 Å². The van der Waals surface area contributed by atoms with Gasteiger partial charge in [-0.3, -0.25) is 0 Å². The lowest BCUT2D eigenvalue weighted by Crippen LogP contribution is -2.08. The van der Waals surface area contributed by atoms with Crippen LogP contribution in [0.25, 0.3) is 22.4 Å². The highest BCUT2D eigenvalue weighted by Gasteiger charge is 2.15. The number of anilines is 2. The fourth-order valence-electron chi connectivity index (χ4n) is 2.99. The molecule has 0 saturated carbocycles. The molecule has 142 valence electrons. The van der Waals surface area contributed by atoms with E-state index in [1.54, 1.807) is 20.3 Å². The molecule has 0 bridgehead atoms. The zero-order valence-electron chi connectivity index (χ0n) is 16.4. The zero-order chi connectivity index (χ0) is 20.3. The predicted molar refractivity (Wildman–Crippen MR) is 112 cm³/mol. The van der Waals surface area contributed by atoms with E-state index in [-0.39, 0.29) is 5.82 Å². The van der Waals surface area contributed by atoms with Gasteiger partial charge in [-0.15, -0.1) is 0 Å². The lowest BCUT2D eigenvalue weighted by atomic mass is 9.98. The number of aromatic nitrogens is 1. The van der Waals surface area contributed by atoms with E-state index in [9.17, 15) is 5.26 Å². The molecular formula is C22H22N4O2. The molecule has 6 nitrogen and oxygen atoms in total. The zero-order valence-corrected chi connectivity index (χ0v) is 16.4. The van der Waals surface area contributed by atoms with Crippen molar-refractivity contribution < 1.29 is 9.47 Å². The molecule has 0 aliphatic rings. The lowest BCUT2D eigenvalue weighted by molar-refractivity contribution is 0.355. The number of hydrogen-bond acceptors (Lipinski definition) is 6. The minimum absolute atomic E-state index is 0.196. The summed E-state index contributed by atoms with van der Waals surface area (Å²) in [7, 11) is 7.13. The molecule has 0 amide bonds. The number of nitrogens with two attached hydrogens (primary N) is 1. The van der Waals surface area contributed by atoms with Crippen molar-refractivity contribution in [1.29, 1.82) is 5.26 Å². The topological polar surface area (TPSA) is 84.4 Å². The largest absolute Gasteiger partial charge is 0.493 e. The van der Waals surface area contributed by atoms with Gasteiger partial charge in [0.15, 0.2) is 11.5 Å². The molecule has 0 spiro atoms.